The Labute approximate surface area is 268 Å². The highest BCUT2D eigenvalue weighted by Crippen LogP contribution is 2.35. The number of aromatic nitrogens is 2. The summed E-state index contributed by atoms with van der Waals surface area (Å²) in [5.74, 6) is -0.295. The van der Waals surface area contributed by atoms with Crippen molar-refractivity contribution in [1.82, 2.24) is 19.0 Å². The molecule has 1 atom stereocenters. The average molecular weight is 648 g/mol. The summed E-state index contributed by atoms with van der Waals surface area (Å²) in [6, 6.07) is 16.4. The van der Waals surface area contributed by atoms with Crippen molar-refractivity contribution in [1.29, 1.82) is 0 Å². The maximum atomic E-state index is 13.7. The summed E-state index contributed by atoms with van der Waals surface area (Å²) in [5, 5.41) is 5.59. The molecule has 6 rings (SSSR count). The van der Waals surface area contributed by atoms with Crippen LogP contribution in [0.1, 0.15) is 45.1 Å². The number of likely N-dealkylation sites (tertiary alicyclic amines) is 1. The number of sulfonamides is 1. The van der Waals surface area contributed by atoms with Crippen molar-refractivity contribution in [2.75, 3.05) is 32.8 Å². The summed E-state index contributed by atoms with van der Waals surface area (Å²) in [7, 11) is -3.82. The lowest BCUT2D eigenvalue weighted by molar-refractivity contribution is -0.149. The number of para-hydroxylation sites is 1. The van der Waals surface area contributed by atoms with Gasteiger partial charge in [-0.2, -0.15) is 14.4 Å². The van der Waals surface area contributed by atoms with Crippen LogP contribution >= 0.6 is 11.8 Å². The van der Waals surface area contributed by atoms with Crippen LogP contribution in [0.25, 0.3) is 23.0 Å². The molecule has 2 saturated heterocycles. The molecule has 0 N–H and O–H groups in total. The van der Waals surface area contributed by atoms with Crippen LogP contribution in [0.15, 0.2) is 75.6 Å². The van der Waals surface area contributed by atoms with Gasteiger partial charge in [0.25, 0.3) is 5.91 Å². The van der Waals surface area contributed by atoms with Gasteiger partial charge in [0.15, 0.2) is 5.17 Å². The van der Waals surface area contributed by atoms with Crippen molar-refractivity contribution in [3.8, 4) is 16.9 Å². The van der Waals surface area contributed by atoms with Crippen molar-refractivity contribution in [2.45, 2.75) is 44.4 Å². The fraction of sp³-hybridized carbons (Fsp3) is 0.394. The Kier molecular flexibility index (Phi) is 9.25. The van der Waals surface area contributed by atoms with E-state index in [9.17, 15) is 18.0 Å². The number of aliphatic imine (C=N–C) groups is 1. The first kappa shape index (κ1) is 31.3. The molecule has 3 aromatic rings. The normalized spacial score (nSPS) is 20.9. The highest BCUT2D eigenvalue weighted by atomic mass is 32.2. The van der Waals surface area contributed by atoms with E-state index in [0.717, 1.165) is 30.4 Å². The molecule has 1 amide bonds. The Morgan fingerprint density at radius 3 is 2.58 bits per heavy atom. The lowest BCUT2D eigenvalue weighted by Crippen LogP contribution is -2.40. The molecule has 12 heteroatoms. The highest BCUT2D eigenvalue weighted by molar-refractivity contribution is 8.18. The SMILES string of the molecule is CCOC(=O)C1CCN(S(=O)(=O)c2cccc(-c3nn(-c4ccccc4)cc3/C=C3\SC(N4CCCC(C)C4)=NC3=O)c2)CC1. The molecule has 2 aromatic carbocycles. The molecule has 3 aliphatic rings. The maximum Gasteiger partial charge on any atom is 0.309 e. The smallest absolute Gasteiger partial charge is 0.309 e. The maximum absolute atomic E-state index is 13.7. The predicted octanol–water partition coefficient (Wildman–Crippen LogP) is 5.21. The van der Waals surface area contributed by atoms with E-state index in [2.05, 4.69) is 16.8 Å². The van der Waals surface area contributed by atoms with Crippen LogP contribution in [-0.4, -0.2) is 77.2 Å². The Balaban J connectivity index is 1.30. The summed E-state index contributed by atoms with van der Waals surface area (Å²) in [4.78, 5) is 32.5. The molecule has 0 aliphatic carbocycles. The number of amides is 1. The molecule has 0 bridgehead atoms. The minimum absolute atomic E-state index is 0.151. The second-order valence-corrected chi connectivity index (χ2v) is 14.6. The summed E-state index contributed by atoms with van der Waals surface area (Å²) in [6.45, 7) is 6.54. The highest BCUT2D eigenvalue weighted by Gasteiger charge is 2.33. The Hall–Kier alpha value is -3.74. The number of carbonyl (C=O) groups excluding carboxylic acids is 2. The second-order valence-electron chi connectivity index (χ2n) is 11.7. The zero-order chi connectivity index (χ0) is 31.6. The van der Waals surface area contributed by atoms with Crippen molar-refractivity contribution >= 4 is 44.9 Å². The third-order valence-corrected chi connectivity index (χ3v) is 11.3. The number of thioether (sulfide) groups is 1. The molecule has 0 saturated carbocycles. The zero-order valence-corrected chi connectivity index (χ0v) is 27.1. The van der Waals surface area contributed by atoms with Crippen LogP contribution in [0.2, 0.25) is 0 Å². The topological polar surface area (TPSA) is 114 Å². The van der Waals surface area contributed by atoms with E-state index in [0.29, 0.717) is 47.1 Å². The Bertz CT molecular complexity index is 1740. The monoisotopic (exact) mass is 647 g/mol. The van der Waals surface area contributed by atoms with E-state index in [1.807, 2.05) is 42.6 Å². The van der Waals surface area contributed by atoms with Crippen molar-refractivity contribution < 1.29 is 22.7 Å². The van der Waals surface area contributed by atoms with Gasteiger partial charge in [0.1, 0.15) is 5.69 Å². The number of benzene rings is 2. The van der Waals surface area contributed by atoms with Gasteiger partial charge >= 0.3 is 5.97 Å². The number of hydrogen-bond donors (Lipinski definition) is 0. The molecular weight excluding hydrogens is 611 g/mol. The van der Waals surface area contributed by atoms with Crippen molar-refractivity contribution in [3.63, 3.8) is 0 Å². The van der Waals surface area contributed by atoms with Crippen LogP contribution < -0.4 is 0 Å². The Morgan fingerprint density at radius 2 is 1.84 bits per heavy atom. The molecule has 3 aliphatic heterocycles. The molecular formula is C33H37N5O5S2. The van der Waals surface area contributed by atoms with E-state index in [-0.39, 0.29) is 35.8 Å². The zero-order valence-electron chi connectivity index (χ0n) is 25.5. The molecule has 0 radical (unpaired) electrons. The summed E-state index contributed by atoms with van der Waals surface area (Å²) >= 11 is 1.38. The number of rotatable bonds is 7. The number of esters is 1. The van der Waals surface area contributed by atoms with Gasteiger partial charge in [-0.1, -0.05) is 37.3 Å². The van der Waals surface area contributed by atoms with Gasteiger partial charge in [-0.25, -0.2) is 13.1 Å². The van der Waals surface area contributed by atoms with Gasteiger partial charge in [-0.05, 0) is 80.6 Å². The van der Waals surface area contributed by atoms with Crippen LogP contribution in [0.4, 0.5) is 0 Å². The van der Waals surface area contributed by atoms with E-state index >= 15 is 0 Å². The largest absolute Gasteiger partial charge is 0.466 e. The fourth-order valence-electron chi connectivity index (χ4n) is 6.01. The minimum atomic E-state index is -3.82. The number of amidine groups is 1. The third kappa shape index (κ3) is 6.78. The van der Waals surface area contributed by atoms with Gasteiger partial charge in [0.2, 0.25) is 10.0 Å². The molecule has 4 heterocycles. The van der Waals surface area contributed by atoms with Gasteiger partial charge in [0.05, 0.1) is 28.0 Å². The van der Waals surface area contributed by atoms with E-state index in [1.54, 1.807) is 35.9 Å². The third-order valence-electron chi connectivity index (χ3n) is 8.41. The minimum Gasteiger partial charge on any atom is -0.466 e. The fourth-order valence-corrected chi connectivity index (χ4v) is 8.47. The summed E-state index contributed by atoms with van der Waals surface area (Å²) in [5.41, 5.74) is 2.68. The van der Waals surface area contributed by atoms with Crippen LogP contribution in [-0.2, 0) is 24.3 Å². The van der Waals surface area contributed by atoms with Gasteiger partial charge < -0.3 is 9.64 Å². The van der Waals surface area contributed by atoms with Crippen LogP contribution in [0.5, 0.6) is 0 Å². The molecule has 10 nitrogen and oxygen atoms in total. The quantitative estimate of drug-likeness (QED) is 0.254. The van der Waals surface area contributed by atoms with Gasteiger partial charge in [0, 0.05) is 43.5 Å². The molecule has 45 heavy (non-hydrogen) atoms. The van der Waals surface area contributed by atoms with E-state index in [4.69, 9.17) is 9.84 Å². The van der Waals surface area contributed by atoms with E-state index in [1.165, 1.54) is 22.5 Å². The van der Waals surface area contributed by atoms with Crippen molar-refractivity contribution in [3.05, 3.63) is 71.3 Å². The standard InChI is InChI=1S/C33H37N5O5S2/c1-3-43-32(40)24-14-17-37(18-15-24)45(41,42)28-13-7-10-25(19-28)30-26(22-38(35-30)27-11-5-4-6-12-27)20-29-31(39)34-33(44-29)36-16-8-9-23(2)21-36/h4-7,10-13,19-20,22-24H,3,8-9,14-18,21H2,1-2H3/b29-20-. The molecule has 1 aromatic heterocycles. The van der Waals surface area contributed by atoms with Gasteiger partial charge in [-0.15, -0.1) is 0 Å². The average Bonchev–Trinajstić information content (AvgIpc) is 3.65. The predicted molar refractivity (Wildman–Crippen MR) is 175 cm³/mol. The first-order valence-electron chi connectivity index (χ1n) is 15.4. The first-order valence-corrected chi connectivity index (χ1v) is 17.7. The first-order chi connectivity index (χ1) is 21.7. The second kappa shape index (κ2) is 13.3. The number of nitrogens with zero attached hydrogens (tertiary/aromatic N) is 5. The van der Waals surface area contributed by atoms with Crippen LogP contribution in [0, 0.1) is 11.8 Å². The Morgan fingerprint density at radius 1 is 1.07 bits per heavy atom. The number of ether oxygens (including phenoxy) is 1. The number of carbonyl (C=O) groups is 2. The van der Waals surface area contributed by atoms with Crippen molar-refractivity contribution in [2.24, 2.45) is 16.8 Å². The van der Waals surface area contributed by atoms with E-state index < -0.39 is 10.0 Å². The lowest BCUT2D eigenvalue weighted by Gasteiger charge is -2.31. The summed E-state index contributed by atoms with van der Waals surface area (Å²) < 4.78 is 35.7. The molecule has 2 fully saturated rings. The summed E-state index contributed by atoms with van der Waals surface area (Å²) in [6.07, 6.45) is 6.75. The molecule has 0 spiro atoms. The van der Waals surface area contributed by atoms with Gasteiger partial charge in [-0.3, -0.25) is 9.59 Å². The molecule has 1 unspecified atom stereocenters. The van der Waals surface area contributed by atoms with Crippen LogP contribution in [0.3, 0.4) is 0 Å². The number of piperidine rings is 2. The lowest BCUT2D eigenvalue weighted by atomic mass is 9.98. The number of hydrogen-bond acceptors (Lipinski definition) is 8. The molecule has 236 valence electrons.